The number of ether oxygens (including phenoxy) is 3. The molecule has 1 heterocycles. The van der Waals surface area contributed by atoms with Crippen LogP contribution in [-0.4, -0.2) is 58.2 Å². The number of hydrogen-bond donors (Lipinski definition) is 4. The first-order valence-corrected chi connectivity index (χ1v) is 7.07. The van der Waals surface area contributed by atoms with Crippen LogP contribution in [0.25, 0.3) is 0 Å². The minimum absolute atomic E-state index is 0.298. The standard InChI is InChI=1S/C15H22O7/c1-7(16)9-4-5-10(11(6-9)20-3)22-15-14(19)13(18)12(17)8(2)21-15/h4-8,12-19H,1-3H3/t7?,8-,12-,13+,14+,15-/m0/s1. The van der Waals surface area contributed by atoms with Gasteiger partial charge < -0.3 is 34.6 Å². The predicted octanol–water partition coefficient (Wildman–Crippen LogP) is -0.0452. The summed E-state index contributed by atoms with van der Waals surface area (Å²) in [5, 5.41) is 39.0. The topological polar surface area (TPSA) is 109 Å². The summed E-state index contributed by atoms with van der Waals surface area (Å²) in [5.74, 6) is 0.661. The van der Waals surface area contributed by atoms with Crippen LogP contribution in [0, 0.1) is 0 Å². The van der Waals surface area contributed by atoms with E-state index in [1.165, 1.54) is 7.11 Å². The molecular weight excluding hydrogens is 292 g/mol. The van der Waals surface area contributed by atoms with Crippen LogP contribution in [0.2, 0.25) is 0 Å². The summed E-state index contributed by atoms with van der Waals surface area (Å²) >= 11 is 0. The highest BCUT2D eigenvalue weighted by Crippen LogP contribution is 2.33. The van der Waals surface area contributed by atoms with Gasteiger partial charge in [0.25, 0.3) is 0 Å². The van der Waals surface area contributed by atoms with E-state index >= 15 is 0 Å². The Kier molecular flexibility index (Phi) is 5.25. The zero-order valence-corrected chi connectivity index (χ0v) is 12.7. The zero-order chi connectivity index (χ0) is 16.4. The Morgan fingerprint density at radius 1 is 1.09 bits per heavy atom. The third-order valence-electron chi connectivity index (χ3n) is 3.72. The first-order valence-electron chi connectivity index (χ1n) is 7.07. The summed E-state index contributed by atoms with van der Waals surface area (Å²) in [7, 11) is 1.45. The molecule has 1 fully saturated rings. The molecule has 124 valence electrons. The van der Waals surface area contributed by atoms with Gasteiger partial charge in [-0.25, -0.2) is 0 Å². The van der Waals surface area contributed by atoms with Crippen molar-refractivity contribution in [3.8, 4) is 11.5 Å². The van der Waals surface area contributed by atoms with Crippen molar-refractivity contribution in [1.82, 2.24) is 0 Å². The summed E-state index contributed by atoms with van der Waals surface area (Å²) in [5.41, 5.74) is 0.651. The van der Waals surface area contributed by atoms with Gasteiger partial charge >= 0.3 is 0 Å². The van der Waals surface area contributed by atoms with E-state index in [4.69, 9.17) is 14.2 Å². The van der Waals surface area contributed by atoms with E-state index in [1.807, 2.05) is 0 Å². The van der Waals surface area contributed by atoms with Crippen LogP contribution in [0.3, 0.4) is 0 Å². The molecule has 2 rings (SSSR count). The molecule has 1 aromatic carbocycles. The zero-order valence-electron chi connectivity index (χ0n) is 12.7. The molecule has 4 N–H and O–H groups in total. The smallest absolute Gasteiger partial charge is 0.229 e. The monoisotopic (exact) mass is 314 g/mol. The van der Waals surface area contributed by atoms with Gasteiger partial charge in [-0.05, 0) is 31.5 Å². The average molecular weight is 314 g/mol. The van der Waals surface area contributed by atoms with E-state index in [2.05, 4.69) is 0 Å². The van der Waals surface area contributed by atoms with Crippen LogP contribution < -0.4 is 9.47 Å². The minimum atomic E-state index is -1.40. The normalized spacial score (nSPS) is 33.3. The van der Waals surface area contributed by atoms with Crippen molar-refractivity contribution in [2.24, 2.45) is 0 Å². The van der Waals surface area contributed by atoms with E-state index in [9.17, 15) is 20.4 Å². The average Bonchev–Trinajstić information content (AvgIpc) is 2.50. The van der Waals surface area contributed by atoms with Gasteiger partial charge in [-0.1, -0.05) is 6.07 Å². The Labute approximate surface area is 128 Å². The van der Waals surface area contributed by atoms with Gasteiger partial charge in [-0.15, -0.1) is 0 Å². The highest BCUT2D eigenvalue weighted by Gasteiger charge is 2.43. The summed E-state index contributed by atoms with van der Waals surface area (Å²) in [6.07, 6.45) is -6.43. The third-order valence-corrected chi connectivity index (χ3v) is 3.72. The fourth-order valence-corrected chi connectivity index (χ4v) is 2.28. The van der Waals surface area contributed by atoms with Crippen molar-refractivity contribution in [2.45, 2.75) is 50.7 Å². The third kappa shape index (κ3) is 3.34. The molecule has 7 nitrogen and oxygen atoms in total. The maximum Gasteiger partial charge on any atom is 0.229 e. The lowest BCUT2D eigenvalue weighted by atomic mass is 10.00. The lowest BCUT2D eigenvalue weighted by molar-refractivity contribution is -0.268. The molecule has 1 aliphatic rings. The van der Waals surface area contributed by atoms with Crippen LogP contribution in [0.15, 0.2) is 18.2 Å². The number of aliphatic hydroxyl groups is 4. The molecule has 1 aromatic rings. The highest BCUT2D eigenvalue weighted by molar-refractivity contribution is 5.43. The molecular formula is C15H22O7. The van der Waals surface area contributed by atoms with E-state index in [-0.39, 0.29) is 0 Å². The second kappa shape index (κ2) is 6.80. The molecule has 1 unspecified atom stereocenters. The fraction of sp³-hybridized carbons (Fsp3) is 0.600. The van der Waals surface area contributed by atoms with Gasteiger partial charge in [0.2, 0.25) is 6.29 Å². The van der Waals surface area contributed by atoms with Gasteiger partial charge in [0.05, 0.1) is 19.3 Å². The summed E-state index contributed by atoms with van der Waals surface area (Å²) in [6, 6.07) is 4.86. The molecule has 1 saturated heterocycles. The Bertz CT molecular complexity index is 505. The maximum atomic E-state index is 9.95. The minimum Gasteiger partial charge on any atom is -0.493 e. The van der Waals surface area contributed by atoms with Gasteiger partial charge in [-0.2, -0.15) is 0 Å². The summed E-state index contributed by atoms with van der Waals surface area (Å²) in [4.78, 5) is 0. The van der Waals surface area contributed by atoms with Crippen molar-refractivity contribution in [2.75, 3.05) is 7.11 Å². The maximum absolute atomic E-state index is 9.95. The number of methoxy groups -OCH3 is 1. The Balaban J connectivity index is 2.19. The van der Waals surface area contributed by atoms with Crippen molar-refractivity contribution in [3.63, 3.8) is 0 Å². The lowest BCUT2D eigenvalue weighted by Gasteiger charge is -2.39. The molecule has 7 heteroatoms. The van der Waals surface area contributed by atoms with Crippen molar-refractivity contribution in [1.29, 1.82) is 0 Å². The van der Waals surface area contributed by atoms with Gasteiger partial charge in [0, 0.05) is 0 Å². The van der Waals surface area contributed by atoms with Crippen molar-refractivity contribution < 1.29 is 34.6 Å². The molecule has 1 aliphatic heterocycles. The van der Waals surface area contributed by atoms with Crippen LogP contribution in [-0.2, 0) is 4.74 Å². The fourth-order valence-electron chi connectivity index (χ4n) is 2.28. The largest absolute Gasteiger partial charge is 0.493 e. The van der Waals surface area contributed by atoms with E-state index in [0.717, 1.165) is 0 Å². The van der Waals surface area contributed by atoms with Gasteiger partial charge in [0.1, 0.15) is 18.3 Å². The number of hydrogen-bond acceptors (Lipinski definition) is 7. The van der Waals surface area contributed by atoms with E-state index < -0.39 is 36.8 Å². The van der Waals surface area contributed by atoms with Crippen LogP contribution in [0.1, 0.15) is 25.5 Å². The number of rotatable bonds is 4. The first-order chi connectivity index (χ1) is 10.3. The van der Waals surface area contributed by atoms with Crippen molar-refractivity contribution >= 4 is 0 Å². The quantitative estimate of drug-likeness (QED) is 0.617. The molecule has 0 aliphatic carbocycles. The molecule has 22 heavy (non-hydrogen) atoms. The molecule has 6 atom stereocenters. The Hall–Kier alpha value is -1.38. The summed E-state index contributed by atoms with van der Waals surface area (Å²) < 4.78 is 16.1. The number of aliphatic hydroxyl groups excluding tert-OH is 4. The van der Waals surface area contributed by atoms with Gasteiger partial charge in [0.15, 0.2) is 11.5 Å². The van der Waals surface area contributed by atoms with Crippen LogP contribution >= 0.6 is 0 Å². The van der Waals surface area contributed by atoms with Crippen LogP contribution in [0.5, 0.6) is 11.5 Å². The SMILES string of the molecule is COc1cc(C(C)O)ccc1O[C@@H]1O[C@@H](C)[C@H](O)[C@@H](O)[C@H]1O. The molecule has 0 bridgehead atoms. The predicted molar refractivity (Wildman–Crippen MR) is 76.6 cm³/mol. The Morgan fingerprint density at radius 2 is 1.77 bits per heavy atom. The van der Waals surface area contributed by atoms with E-state index in [0.29, 0.717) is 17.1 Å². The highest BCUT2D eigenvalue weighted by atomic mass is 16.7. The molecule has 0 saturated carbocycles. The molecule has 0 spiro atoms. The molecule has 0 radical (unpaired) electrons. The lowest BCUT2D eigenvalue weighted by Crippen LogP contribution is -2.58. The van der Waals surface area contributed by atoms with Gasteiger partial charge in [-0.3, -0.25) is 0 Å². The number of benzene rings is 1. The van der Waals surface area contributed by atoms with E-state index in [1.54, 1.807) is 32.0 Å². The molecule has 0 aromatic heterocycles. The first kappa shape index (κ1) is 17.0. The second-order valence-corrected chi connectivity index (χ2v) is 5.39. The van der Waals surface area contributed by atoms with Crippen molar-refractivity contribution in [3.05, 3.63) is 23.8 Å². The molecule has 0 amide bonds. The second-order valence-electron chi connectivity index (χ2n) is 5.39. The summed E-state index contributed by atoms with van der Waals surface area (Å²) in [6.45, 7) is 3.20. The Morgan fingerprint density at radius 3 is 2.36 bits per heavy atom. The van der Waals surface area contributed by atoms with Crippen LogP contribution in [0.4, 0.5) is 0 Å².